The molecule has 4 nitrogen and oxygen atoms in total. The van der Waals surface area contributed by atoms with Crippen molar-refractivity contribution >= 4 is 21.8 Å². The Morgan fingerprint density at radius 1 is 1.09 bits per heavy atom. The number of fused-ring (bicyclic) bond motifs is 1. The molecule has 1 aliphatic heterocycles. The van der Waals surface area contributed by atoms with Gasteiger partial charge in [-0.1, -0.05) is 34.1 Å². The fourth-order valence-corrected chi connectivity index (χ4v) is 3.29. The van der Waals surface area contributed by atoms with Gasteiger partial charge in [0.05, 0.1) is 26.7 Å². The van der Waals surface area contributed by atoms with Gasteiger partial charge in [0.1, 0.15) is 0 Å². The van der Waals surface area contributed by atoms with Gasteiger partial charge in [-0.25, -0.2) is 0 Å². The standard InChI is InChI=1S/C17H16BrNO3/c1-21-14-7-10-8-16(20)19-17(12(10)9-15(14)22-2)11-5-3-4-6-13(11)18/h3-7,9,17H,8H2,1-2H3,(H,19,20)/t17-/m0/s1. The Bertz CT molecular complexity index is 730. The van der Waals surface area contributed by atoms with Crippen LogP contribution in [0.5, 0.6) is 11.5 Å². The van der Waals surface area contributed by atoms with Gasteiger partial charge in [-0.05, 0) is 34.9 Å². The molecule has 114 valence electrons. The molecule has 0 bridgehead atoms. The van der Waals surface area contributed by atoms with Gasteiger partial charge in [0, 0.05) is 4.47 Å². The van der Waals surface area contributed by atoms with Crippen LogP contribution in [0, 0.1) is 0 Å². The summed E-state index contributed by atoms with van der Waals surface area (Å²) in [6.45, 7) is 0. The van der Waals surface area contributed by atoms with Crippen molar-refractivity contribution in [2.75, 3.05) is 14.2 Å². The molecule has 0 radical (unpaired) electrons. The van der Waals surface area contributed by atoms with Crippen LogP contribution in [0.1, 0.15) is 22.7 Å². The van der Waals surface area contributed by atoms with Crippen molar-refractivity contribution in [2.24, 2.45) is 0 Å². The summed E-state index contributed by atoms with van der Waals surface area (Å²) < 4.78 is 11.7. The number of carbonyl (C=O) groups excluding carboxylic acids is 1. The Morgan fingerprint density at radius 2 is 1.77 bits per heavy atom. The SMILES string of the molecule is COc1cc2c(cc1OC)[C@H](c1ccccc1Br)NC(=O)C2. The van der Waals surface area contributed by atoms with Crippen LogP contribution in [-0.2, 0) is 11.2 Å². The van der Waals surface area contributed by atoms with Crippen LogP contribution >= 0.6 is 15.9 Å². The summed E-state index contributed by atoms with van der Waals surface area (Å²) in [4.78, 5) is 12.1. The highest BCUT2D eigenvalue weighted by molar-refractivity contribution is 9.10. The molecule has 0 aliphatic carbocycles. The zero-order valence-corrected chi connectivity index (χ0v) is 13.9. The number of hydrogen-bond acceptors (Lipinski definition) is 3. The van der Waals surface area contributed by atoms with Crippen LogP contribution in [0.2, 0.25) is 0 Å². The van der Waals surface area contributed by atoms with E-state index in [0.717, 1.165) is 21.2 Å². The van der Waals surface area contributed by atoms with Gasteiger partial charge in [0.15, 0.2) is 11.5 Å². The number of rotatable bonds is 3. The second-order valence-electron chi connectivity index (χ2n) is 5.10. The first-order valence-corrected chi connectivity index (χ1v) is 7.72. The number of methoxy groups -OCH3 is 2. The molecule has 2 aromatic carbocycles. The molecule has 0 fully saturated rings. The Morgan fingerprint density at radius 3 is 2.45 bits per heavy atom. The van der Waals surface area contributed by atoms with Crippen molar-refractivity contribution in [1.29, 1.82) is 0 Å². The maximum absolute atomic E-state index is 12.1. The zero-order chi connectivity index (χ0) is 15.7. The lowest BCUT2D eigenvalue weighted by molar-refractivity contribution is -0.121. The number of hydrogen-bond donors (Lipinski definition) is 1. The van der Waals surface area contributed by atoms with Crippen molar-refractivity contribution in [2.45, 2.75) is 12.5 Å². The number of nitrogens with one attached hydrogen (secondary N) is 1. The van der Waals surface area contributed by atoms with Crippen LogP contribution < -0.4 is 14.8 Å². The van der Waals surface area contributed by atoms with Crippen molar-refractivity contribution < 1.29 is 14.3 Å². The molecule has 1 heterocycles. The number of ether oxygens (including phenoxy) is 2. The van der Waals surface area contributed by atoms with E-state index < -0.39 is 0 Å². The van der Waals surface area contributed by atoms with E-state index in [1.807, 2.05) is 36.4 Å². The second-order valence-corrected chi connectivity index (χ2v) is 5.96. The van der Waals surface area contributed by atoms with Gasteiger partial charge in [-0.15, -0.1) is 0 Å². The predicted octanol–water partition coefficient (Wildman–Crippen LogP) is 3.23. The average molecular weight is 362 g/mol. The summed E-state index contributed by atoms with van der Waals surface area (Å²) >= 11 is 3.56. The Balaban J connectivity index is 2.16. The molecule has 0 unspecified atom stereocenters. The highest BCUT2D eigenvalue weighted by atomic mass is 79.9. The van der Waals surface area contributed by atoms with Gasteiger partial charge in [-0.2, -0.15) is 0 Å². The summed E-state index contributed by atoms with van der Waals surface area (Å²) in [6, 6.07) is 11.5. The summed E-state index contributed by atoms with van der Waals surface area (Å²) in [6.07, 6.45) is 0.344. The van der Waals surface area contributed by atoms with Gasteiger partial charge in [0.25, 0.3) is 0 Å². The Kier molecular flexibility index (Phi) is 4.07. The predicted molar refractivity (Wildman–Crippen MR) is 87.4 cm³/mol. The molecule has 3 rings (SSSR count). The van der Waals surface area contributed by atoms with Crippen molar-refractivity contribution in [3.63, 3.8) is 0 Å². The molecule has 0 spiro atoms. The number of benzene rings is 2. The zero-order valence-electron chi connectivity index (χ0n) is 12.4. The highest BCUT2D eigenvalue weighted by Gasteiger charge is 2.28. The molecule has 5 heteroatoms. The first-order chi connectivity index (χ1) is 10.6. The van der Waals surface area contributed by atoms with Crippen LogP contribution in [-0.4, -0.2) is 20.1 Å². The molecule has 2 aromatic rings. The van der Waals surface area contributed by atoms with Crippen molar-refractivity contribution in [1.82, 2.24) is 5.32 Å². The maximum Gasteiger partial charge on any atom is 0.225 e. The van der Waals surface area contributed by atoms with E-state index >= 15 is 0 Å². The molecule has 22 heavy (non-hydrogen) atoms. The molecule has 1 atom stereocenters. The van der Waals surface area contributed by atoms with Crippen LogP contribution in [0.3, 0.4) is 0 Å². The first kappa shape index (κ1) is 14.9. The topological polar surface area (TPSA) is 47.6 Å². The third-order valence-electron chi connectivity index (χ3n) is 3.83. The summed E-state index contributed by atoms with van der Waals surface area (Å²) in [7, 11) is 3.21. The van der Waals surface area contributed by atoms with Crippen molar-refractivity contribution in [3.05, 3.63) is 57.6 Å². The minimum absolute atomic E-state index is 0.000438. The Hall–Kier alpha value is -2.01. The van der Waals surface area contributed by atoms with E-state index in [1.54, 1.807) is 14.2 Å². The van der Waals surface area contributed by atoms with E-state index in [4.69, 9.17) is 9.47 Å². The van der Waals surface area contributed by atoms with Crippen molar-refractivity contribution in [3.8, 4) is 11.5 Å². The van der Waals surface area contributed by atoms with E-state index in [-0.39, 0.29) is 11.9 Å². The van der Waals surface area contributed by atoms with E-state index in [1.165, 1.54) is 0 Å². The van der Waals surface area contributed by atoms with Crippen LogP contribution in [0.25, 0.3) is 0 Å². The summed E-state index contributed by atoms with van der Waals surface area (Å²) in [5, 5.41) is 3.05. The lowest BCUT2D eigenvalue weighted by Crippen LogP contribution is -2.36. The minimum Gasteiger partial charge on any atom is -0.493 e. The molecule has 0 aromatic heterocycles. The molecular weight excluding hydrogens is 346 g/mol. The van der Waals surface area contributed by atoms with Gasteiger partial charge in [-0.3, -0.25) is 4.79 Å². The Labute approximate surface area is 137 Å². The molecule has 1 amide bonds. The molecule has 0 saturated heterocycles. The van der Waals surface area contributed by atoms with Gasteiger partial charge >= 0.3 is 0 Å². The fourth-order valence-electron chi connectivity index (χ4n) is 2.78. The molecular formula is C17H16BrNO3. The monoisotopic (exact) mass is 361 g/mol. The quantitative estimate of drug-likeness (QED) is 0.912. The molecule has 0 saturated carbocycles. The van der Waals surface area contributed by atoms with E-state index in [9.17, 15) is 4.79 Å². The third kappa shape index (κ3) is 2.57. The average Bonchev–Trinajstić information content (AvgIpc) is 2.53. The maximum atomic E-state index is 12.1. The van der Waals surface area contributed by atoms with Crippen LogP contribution in [0.15, 0.2) is 40.9 Å². The van der Waals surface area contributed by atoms with Gasteiger partial charge < -0.3 is 14.8 Å². The fraction of sp³-hybridized carbons (Fsp3) is 0.235. The van der Waals surface area contributed by atoms with E-state index in [2.05, 4.69) is 21.2 Å². The largest absolute Gasteiger partial charge is 0.493 e. The lowest BCUT2D eigenvalue weighted by atomic mass is 9.89. The minimum atomic E-state index is -0.202. The number of carbonyl (C=O) groups is 1. The summed E-state index contributed by atoms with van der Waals surface area (Å²) in [5.41, 5.74) is 3.01. The highest BCUT2D eigenvalue weighted by Crippen LogP contribution is 2.39. The smallest absolute Gasteiger partial charge is 0.225 e. The normalized spacial score (nSPS) is 16.7. The van der Waals surface area contributed by atoms with Gasteiger partial charge in [0.2, 0.25) is 5.91 Å². The second kappa shape index (κ2) is 6.01. The number of amides is 1. The first-order valence-electron chi connectivity index (χ1n) is 6.92. The molecule has 1 aliphatic rings. The van der Waals surface area contributed by atoms with E-state index in [0.29, 0.717) is 17.9 Å². The summed E-state index contributed by atoms with van der Waals surface area (Å²) in [5.74, 6) is 1.30. The third-order valence-corrected chi connectivity index (χ3v) is 4.55. The lowest BCUT2D eigenvalue weighted by Gasteiger charge is -2.28. The van der Waals surface area contributed by atoms with Crippen LogP contribution in [0.4, 0.5) is 0 Å². The number of halogens is 1. The molecule has 1 N–H and O–H groups in total.